The topological polar surface area (TPSA) is 77.4 Å². The number of hydrogen-bond acceptors (Lipinski definition) is 7. The largest absolute Gasteiger partial charge is 0.389 e. The van der Waals surface area contributed by atoms with Crippen LogP contribution in [0, 0.1) is 0 Å². The maximum atomic E-state index is 10.0. The zero-order valence-electron chi connectivity index (χ0n) is 14.0. The molecule has 1 aromatic rings. The second-order valence-corrected chi connectivity index (χ2v) is 5.51. The van der Waals surface area contributed by atoms with Gasteiger partial charge >= 0.3 is 0 Å². The number of hydrogen-bond donors (Lipinski definition) is 2. The van der Waals surface area contributed by atoms with Crippen molar-refractivity contribution in [2.75, 3.05) is 48.3 Å². The maximum absolute atomic E-state index is 10.0. The van der Waals surface area contributed by atoms with E-state index in [1.54, 1.807) is 20.9 Å². The van der Waals surface area contributed by atoms with E-state index < -0.39 is 5.60 Å². The Balaban J connectivity index is 3.18. The van der Waals surface area contributed by atoms with Crippen LogP contribution in [0.25, 0.3) is 0 Å². The van der Waals surface area contributed by atoms with Crippen molar-refractivity contribution in [2.45, 2.75) is 40.2 Å². The van der Waals surface area contributed by atoms with Crippen molar-refractivity contribution >= 4 is 17.8 Å². The molecule has 0 amide bonds. The molecule has 2 N–H and O–H groups in total. The lowest BCUT2D eigenvalue weighted by Gasteiger charge is -2.29. The zero-order valence-corrected chi connectivity index (χ0v) is 14.0. The van der Waals surface area contributed by atoms with Crippen molar-refractivity contribution in [3.63, 3.8) is 0 Å². The van der Waals surface area contributed by atoms with E-state index >= 15 is 0 Å². The smallest absolute Gasteiger partial charge is 0.232 e. The molecule has 7 heteroatoms. The predicted octanol–water partition coefficient (Wildman–Crippen LogP) is 1.36. The fourth-order valence-corrected chi connectivity index (χ4v) is 2.05. The third kappa shape index (κ3) is 5.00. The lowest BCUT2D eigenvalue weighted by molar-refractivity contribution is 0.0872. The van der Waals surface area contributed by atoms with Crippen LogP contribution in [-0.4, -0.2) is 58.9 Å². The van der Waals surface area contributed by atoms with E-state index in [4.69, 9.17) is 0 Å². The fraction of sp³-hybridized carbons (Fsp3) is 0.786. The van der Waals surface area contributed by atoms with Crippen molar-refractivity contribution in [1.29, 1.82) is 0 Å². The first-order chi connectivity index (χ1) is 9.84. The van der Waals surface area contributed by atoms with Crippen molar-refractivity contribution in [3.05, 3.63) is 0 Å². The average molecular weight is 296 g/mol. The Morgan fingerprint density at radius 2 is 1.43 bits per heavy atom. The average Bonchev–Trinajstić information content (AvgIpc) is 2.44. The van der Waals surface area contributed by atoms with Gasteiger partial charge in [-0.25, -0.2) is 0 Å². The molecule has 0 aliphatic heterocycles. The molecular formula is C14H28N6O. The second-order valence-electron chi connectivity index (χ2n) is 5.51. The zero-order chi connectivity index (χ0) is 16.0. The molecule has 1 aromatic heterocycles. The molecular weight excluding hydrogens is 268 g/mol. The Labute approximate surface area is 127 Å². The Hall–Kier alpha value is -1.63. The third-order valence-corrected chi connectivity index (χ3v) is 3.12. The second kappa shape index (κ2) is 7.40. The summed E-state index contributed by atoms with van der Waals surface area (Å²) in [6, 6.07) is 0. The standard InChI is InChI=1S/C14H28N6O/c1-7-19(8-2)12-16-11(15-6)17-13(18-12)20(9-3)10-14(4,5)21/h21H,7-10H2,1-6H3,(H,15,16,17,18). The normalized spacial score (nSPS) is 11.4. The van der Waals surface area contributed by atoms with E-state index in [1.165, 1.54) is 0 Å². The molecule has 0 saturated carbocycles. The highest BCUT2D eigenvalue weighted by atomic mass is 16.3. The van der Waals surface area contributed by atoms with Gasteiger partial charge in [0.15, 0.2) is 0 Å². The molecule has 0 spiro atoms. The van der Waals surface area contributed by atoms with Gasteiger partial charge in [-0.2, -0.15) is 15.0 Å². The van der Waals surface area contributed by atoms with Crippen molar-refractivity contribution in [2.24, 2.45) is 0 Å². The summed E-state index contributed by atoms with van der Waals surface area (Å²) in [6.07, 6.45) is 0. The first-order valence-electron chi connectivity index (χ1n) is 7.50. The summed E-state index contributed by atoms with van der Waals surface area (Å²) in [7, 11) is 1.79. The van der Waals surface area contributed by atoms with Crippen LogP contribution in [0.3, 0.4) is 0 Å². The first-order valence-corrected chi connectivity index (χ1v) is 7.50. The highest BCUT2D eigenvalue weighted by Gasteiger charge is 2.21. The summed E-state index contributed by atoms with van der Waals surface area (Å²) >= 11 is 0. The van der Waals surface area contributed by atoms with Gasteiger partial charge < -0.3 is 20.2 Å². The number of rotatable bonds is 8. The lowest BCUT2D eigenvalue weighted by Crippen LogP contribution is -2.40. The number of nitrogens with zero attached hydrogens (tertiary/aromatic N) is 5. The van der Waals surface area contributed by atoms with E-state index in [1.807, 2.05) is 11.8 Å². The van der Waals surface area contributed by atoms with Crippen molar-refractivity contribution < 1.29 is 5.11 Å². The minimum Gasteiger partial charge on any atom is -0.389 e. The highest BCUT2D eigenvalue weighted by molar-refractivity contribution is 5.45. The van der Waals surface area contributed by atoms with Gasteiger partial charge in [-0.15, -0.1) is 0 Å². The Bertz CT molecular complexity index is 442. The molecule has 1 heterocycles. The molecule has 0 atom stereocenters. The minimum absolute atomic E-state index is 0.467. The summed E-state index contributed by atoms with van der Waals surface area (Å²) in [6.45, 7) is 12.6. The summed E-state index contributed by atoms with van der Waals surface area (Å²) in [5.41, 5.74) is -0.808. The van der Waals surface area contributed by atoms with Crippen LogP contribution < -0.4 is 15.1 Å². The van der Waals surface area contributed by atoms with Crippen molar-refractivity contribution in [3.8, 4) is 0 Å². The van der Waals surface area contributed by atoms with Gasteiger partial charge in [0.2, 0.25) is 17.8 Å². The summed E-state index contributed by atoms with van der Waals surface area (Å²) < 4.78 is 0. The quantitative estimate of drug-likeness (QED) is 0.750. The monoisotopic (exact) mass is 296 g/mol. The molecule has 120 valence electrons. The molecule has 0 aromatic carbocycles. The van der Waals surface area contributed by atoms with Gasteiger partial charge in [0.25, 0.3) is 0 Å². The molecule has 0 bridgehead atoms. The van der Waals surface area contributed by atoms with E-state index in [9.17, 15) is 5.11 Å². The molecule has 0 unspecified atom stereocenters. The summed E-state index contributed by atoms with van der Waals surface area (Å²) in [4.78, 5) is 17.4. The third-order valence-electron chi connectivity index (χ3n) is 3.12. The van der Waals surface area contributed by atoms with Gasteiger partial charge in [0, 0.05) is 33.2 Å². The minimum atomic E-state index is -0.808. The van der Waals surface area contributed by atoms with E-state index in [2.05, 4.69) is 39.0 Å². The van der Waals surface area contributed by atoms with Crippen LogP contribution in [0.5, 0.6) is 0 Å². The van der Waals surface area contributed by atoms with E-state index in [0.29, 0.717) is 24.4 Å². The van der Waals surface area contributed by atoms with Gasteiger partial charge in [0.05, 0.1) is 5.60 Å². The first kappa shape index (κ1) is 17.4. The van der Waals surface area contributed by atoms with Crippen LogP contribution in [0.4, 0.5) is 17.8 Å². The molecule has 0 radical (unpaired) electrons. The molecule has 0 fully saturated rings. The van der Waals surface area contributed by atoms with Crippen molar-refractivity contribution in [1.82, 2.24) is 15.0 Å². The van der Waals surface area contributed by atoms with Crippen LogP contribution in [0.15, 0.2) is 0 Å². The molecule has 1 rings (SSSR count). The van der Waals surface area contributed by atoms with Gasteiger partial charge in [-0.05, 0) is 34.6 Å². The molecule has 7 nitrogen and oxygen atoms in total. The Kier molecular flexibility index (Phi) is 6.14. The number of anilines is 3. The van der Waals surface area contributed by atoms with E-state index in [0.717, 1.165) is 19.6 Å². The molecule has 0 saturated heterocycles. The van der Waals surface area contributed by atoms with Gasteiger partial charge in [0.1, 0.15) is 0 Å². The fourth-order valence-electron chi connectivity index (χ4n) is 2.05. The highest BCUT2D eigenvalue weighted by Crippen LogP contribution is 2.18. The molecule has 21 heavy (non-hydrogen) atoms. The predicted molar refractivity (Wildman–Crippen MR) is 87.1 cm³/mol. The van der Waals surface area contributed by atoms with Crippen LogP contribution in [0.1, 0.15) is 34.6 Å². The van der Waals surface area contributed by atoms with Crippen LogP contribution in [-0.2, 0) is 0 Å². The summed E-state index contributed by atoms with van der Waals surface area (Å²) in [5.74, 6) is 1.78. The Morgan fingerprint density at radius 3 is 1.81 bits per heavy atom. The molecule has 0 aliphatic rings. The molecule has 0 aliphatic carbocycles. The van der Waals surface area contributed by atoms with Gasteiger partial charge in [-0.1, -0.05) is 0 Å². The number of nitrogens with one attached hydrogen (secondary N) is 1. The van der Waals surface area contributed by atoms with E-state index in [-0.39, 0.29) is 0 Å². The SMILES string of the molecule is CCN(CC)c1nc(NC)nc(N(CC)CC(C)(C)O)n1. The van der Waals surface area contributed by atoms with Gasteiger partial charge in [-0.3, -0.25) is 0 Å². The van der Waals surface area contributed by atoms with Crippen LogP contribution >= 0.6 is 0 Å². The van der Waals surface area contributed by atoms with Crippen LogP contribution in [0.2, 0.25) is 0 Å². The Morgan fingerprint density at radius 1 is 0.952 bits per heavy atom. The number of aliphatic hydroxyl groups is 1. The summed E-state index contributed by atoms with van der Waals surface area (Å²) in [5, 5.41) is 13.0. The lowest BCUT2D eigenvalue weighted by atomic mass is 10.1. The number of likely N-dealkylation sites (N-methyl/N-ethyl adjacent to an activating group) is 1. The maximum Gasteiger partial charge on any atom is 0.232 e. The number of aromatic nitrogens is 3.